The molecule has 2 aliphatic carbocycles. The minimum Gasteiger partial charge on any atom is -0.481 e. The van der Waals surface area contributed by atoms with Crippen LogP contribution in [0.25, 0.3) is 0 Å². The van der Waals surface area contributed by atoms with Gasteiger partial charge >= 0.3 is 5.97 Å². The molecule has 0 aromatic rings. The lowest BCUT2D eigenvalue weighted by Crippen LogP contribution is -2.38. The average molecular weight is 348 g/mol. The molecule has 25 heavy (non-hydrogen) atoms. The van der Waals surface area contributed by atoms with Crippen molar-refractivity contribution in [1.82, 2.24) is 0 Å². The van der Waals surface area contributed by atoms with Crippen molar-refractivity contribution in [3.8, 4) is 0 Å². The van der Waals surface area contributed by atoms with Crippen molar-refractivity contribution < 1.29 is 19.8 Å². The van der Waals surface area contributed by atoms with Crippen LogP contribution in [0.1, 0.15) is 71.1 Å². The first-order valence-electron chi connectivity index (χ1n) is 9.66. The van der Waals surface area contributed by atoms with E-state index in [0.29, 0.717) is 25.0 Å². The molecule has 2 saturated carbocycles. The van der Waals surface area contributed by atoms with Crippen LogP contribution in [0.4, 0.5) is 0 Å². The number of carboxylic acid groups (broad SMARTS) is 1. The standard InChI is InChI=1S/C21H32O4/c1-21(14-7-15-21)19(23)10-6-8-16-12-13-18(22)17(16)9-4-2-3-5-11-20(24)25/h2,4,6,8,16-17,19,23H,3,5,7,9-15H2,1H3,(H,24,25)/b4-2-,8-6+/t16-,17+,19?/m0/s1. The number of carboxylic acids is 1. The summed E-state index contributed by atoms with van der Waals surface area (Å²) in [6, 6.07) is 0. The van der Waals surface area contributed by atoms with Crippen LogP contribution in [-0.2, 0) is 9.59 Å². The van der Waals surface area contributed by atoms with Gasteiger partial charge in [-0.1, -0.05) is 37.6 Å². The highest BCUT2D eigenvalue weighted by Crippen LogP contribution is 2.44. The first-order valence-corrected chi connectivity index (χ1v) is 9.66. The van der Waals surface area contributed by atoms with Crippen molar-refractivity contribution in [2.45, 2.75) is 77.2 Å². The van der Waals surface area contributed by atoms with Crippen LogP contribution in [0.2, 0.25) is 0 Å². The lowest BCUT2D eigenvalue weighted by atomic mass is 9.66. The Morgan fingerprint density at radius 3 is 2.72 bits per heavy atom. The Hall–Kier alpha value is -1.42. The molecule has 2 fully saturated rings. The van der Waals surface area contributed by atoms with Crippen LogP contribution in [0.3, 0.4) is 0 Å². The van der Waals surface area contributed by atoms with Crippen LogP contribution in [0.5, 0.6) is 0 Å². The number of Topliss-reactive ketones (excluding diaryl/α,β-unsaturated/α-hetero) is 1. The Morgan fingerprint density at radius 1 is 1.32 bits per heavy atom. The molecule has 1 unspecified atom stereocenters. The molecule has 0 spiro atoms. The SMILES string of the molecule is CC1(C(O)C/C=C/[C@H]2CCC(=O)[C@@H]2C/C=C\CCCC(=O)O)CCC1. The first-order chi connectivity index (χ1) is 11.9. The molecule has 0 bridgehead atoms. The van der Waals surface area contributed by atoms with Crippen LogP contribution in [0.15, 0.2) is 24.3 Å². The third-order valence-corrected chi connectivity index (χ3v) is 6.02. The highest BCUT2D eigenvalue weighted by Gasteiger charge is 2.38. The van der Waals surface area contributed by atoms with E-state index in [0.717, 1.165) is 32.1 Å². The van der Waals surface area contributed by atoms with Gasteiger partial charge in [0, 0.05) is 18.8 Å². The number of unbranched alkanes of at least 4 members (excludes halogenated alkanes) is 1. The number of carbonyl (C=O) groups excluding carboxylic acids is 1. The molecule has 0 aliphatic heterocycles. The fraction of sp³-hybridized carbons (Fsp3) is 0.714. The van der Waals surface area contributed by atoms with Gasteiger partial charge < -0.3 is 10.2 Å². The lowest BCUT2D eigenvalue weighted by molar-refractivity contribution is -0.137. The van der Waals surface area contributed by atoms with E-state index in [9.17, 15) is 14.7 Å². The van der Waals surface area contributed by atoms with Gasteiger partial charge in [0.25, 0.3) is 0 Å². The Bertz CT molecular complexity index is 516. The number of ketones is 1. The van der Waals surface area contributed by atoms with Crippen molar-refractivity contribution in [3.63, 3.8) is 0 Å². The van der Waals surface area contributed by atoms with E-state index in [1.54, 1.807) is 0 Å². The third kappa shape index (κ3) is 5.81. The molecular formula is C21H32O4. The predicted molar refractivity (Wildman–Crippen MR) is 98.2 cm³/mol. The summed E-state index contributed by atoms with van der Waals surface area (Å²) in [5.41, 5.74) is 0.0912. The topological polar surface area (TPSA) is 74.6 Å². The minimum atomic E-state index is -0.762. The fourth-order valence-electron chi connectivity index (χ4n) is 3.94. The number of allylic oxidation sites excluding steroid dienone is 3. The summed E-state index contributed by atoms with van der Waals surface area (Å²) in [6.45, 7) is 2.16. The normalized spacial score (nSPS) is 27.0. The Labute approximate surface area is 151 Å². The van der Waals surface area contributed by atoms with E-state index in [2.05, 4.69) is 19.1 Å². The number of rotatable bonds is 10. The summed E-state index contributed by atoms with van der Waals surface area (Å²) in [5.74, 6) is -0.111. The van der Waals surface area contributed by atoms with Crippen molar-refractivity contribution in [3.05, 3.63) is 24.3 Å². The zero-order chi connectivity index (χ0) is 18.3. The quantitative estimate of drug-likeness (QED) is 0.456. The van der Waals surface area contributed by atoms with E-state index in [4.69, 9.17) is 5.11 Å². The van der Waals surface area contributed by atoms with Gasteiger partial charge in [0.15, 0.2) is 0 Å². The Balaban J connectivity index is 1.75. The molecule has 0 radical (unpaired) electrons. The molecule has 0 aromatic heterocycles. The molecule has 0 heterocycles. The predicted octanol–water partition coefficient (Wildman–Crippen LogP) is 4.28. The van der Waals surface area contributed by atoms with Crippen molar-refractivity contribution in [2.75, 3.05) is 0 Å². The summed E-state index contributed by atoms with van der Waals surface area (Å²) in [5, 5.41) is 18.9. The fourth-order valence-corrected chi connectivity index (χ4v) is 3.94. The van der Waals surface area contributed by atoms with Gasteiger partial charge in [-0.15, -0.1) is 0 Å². The molecule has 2 N–H and O–H groups in total. The molecule has 140 valence electrons. The molecule has 0 saturated heterocycles. The van der Waals surface area contributed by atoms with Crippen molar-refractivity contribution in [1.29, 1.82) is 0 Å². The summed E-state index contributed by atoms with van der Waals surface area (Å²) in [7, 11) is 0. The number of hydrogen-bond acceptors (Lipinski definition) is 3. The molecular weight excluding hydrogens is 316 g/mol. The molecule has 4 heteroatoms. The molecule has 0 amide bonds. The Morgan fingerprint density at radius 2 is 2.08 bits per heavy atom. The summed E-state index contributed by atoms with van der Waals surface area (Å²) >= 11 is 0. The summed E-state index contributed by atoms with van der Waals surface area (Å²) in [6.07, 6.45) is 15.9. The van der Waals surface area contributed by atoms with Gasteiger partial charge in [0.2, 0.25) is 0 Å². The van der Waals surface area contributed by atoms with Gasteiger partial charge in [-0.2, -0.15) is 0 Å². The van der Waals surface area contributed by atoms with Gasteiger partial charge in [-0.25, -0.2) is 0 Å². The van der Waals surface area contributed by atoms with Crippen molar-refractivity contribution in [2.24, 2.45) is 17.3 Å². The molecule has 2 aliphatic rings. The zero-order valence-corrected chi connectivity index (χ0v) is 15.3. The van der Waals surface area contributed by atoms with Crippen LogP contribution in [0, 0.1) is 17.3 Å². The van der Waals surface area contributed by atoms with E-state index in [1.165, 1.54) is 6.42 Å². The first kappa shape index (κ1) is 19.9. The summed E-state index contributed by atoms with van der Waals surface area (Å²) < 4.78 is 0. The van der Waals surface area contributed by atoms with Crippen LogP contribution >= 0.6 is 0 Å². The monoisotopic (exact) mass is 348 g/mol. The lowest BCUT2D eigenvalue weighted by Gasteiger charge is -2.42. The molecule has 4 nitrogen and oxygen atoms in total. The van der Waals surface area contributed by atoms with E-state index in [-0.39, 0.29) is 29.8 Å². The largest absolute Gasteiger partial charge is 0.481 e. The van der Waals surface area contributed by atoms with E-state index in [1.807, 2.05) is 12.2 Å². The number of aliphatic carboxylic acids is 1. The maximum absolute atomic E-state index is 12.1. The second-order valence-electron chi connectivity index (χ2n) is 7.96. The van der Waals surface area contributed by atoms with Gasteiger partial charge in [0.1, 0.15) is 5.78 Å². The number of carbonyl (C=O) groups is 2. The zero-order valence-electron chi connectivity index (χ0n) is 15.3. The minimum absolute atomic E-state index is 0.0448. The maximum Gasteiger partial charge on any atom is 0.303 e. The van der Waals surface area contributed by atoms with Gasteiger partial charge in [0.05, 0.1) is 6.10 Å². The van der Waals surface area contributed by atoms with E-state index < -0.39 is 5.97 Å². The molecule has 3 atom stereocenters. The third-order valence-electron chi connectivity index (χ3n) is 6.02. The second-order valence-corrected chi connectivity index (χ2v) is 7.96. The molecule has 2 rings (SSSR count). The van der Waals surface area contributed by atoms with Gasteiger partial charge in [-0.3, -0.25) is 9.59 Å². The van der Waals surface area contributed by atoms with Crippen molar-refractivity contribution >= 4 is 11.8 Å². The van der Waals surface area contributed by atoms with Gasteiger partial charge in [-0.05, 0) is 56.3 Å². The smallest absolute Gasteiger partial charge is 0.303 e. The average Bonchev–Trinajstić information content (AvgIpc) is 2.88. The Kier molecular flexibility index (Phi) is 7.42. The highest BCUT2D eigenvalue weighted by molar-refractivity contribution is 5.83. The van der Waals surface area contributed by atoms with E-state index >= 15 is 0 Å². The number of hydrogen-bond donors (Lipinski definition) is 2. The highest BCUT2D eigenvalue weighted by atomic mass is 16.4. The molecule has 0 aromatic carbocycles. The van der Waals surface area contributed by atoms with Crippen LogP contribution in [-0.4, -0.2) is 28.1 Å². The number of aliphatic hydroxyl groups is 1. The van der Waals surface area contributed by atoms with Crippen LogP contribution < -0.4 is 0 Å². The number of aliphatic hydroxyl groups excluding tert-OH is 1. The second kappa shape index (κ2) is 9.33. The summed E-state index contributed by atoms with van der Waals surface area (Å²) in [4.78, 5) is 22.6. The maximum atomic E-state index is 12.1.